The molecule has 2 heterocycles. The minimum atomic E-state index is -0.341. The van der Waals surface area contributed by atoms with Crippen LogP contribution in [0.3, 0.4) is 0 Å². The molecule has 2 aromatic rings. The van der Waals surface area contributed by atoms with Gasteiger partial charge in [0, 0.05) is 42.7 Å². The van der Waals surface area contributed by atoms with Crippen LogP contribution in [0, 0.1) is 5.82 Å². The molecule has 142 valence electrons. The van der Waals surface area contributed by atoms with Crippen LogP contribution in [-0.4, -0.2) is 33.2 Å². The number of hydrogen-bond acceptors (Lipinski definition) is 4. The quantitative estimate of drug-likeness (QED) is 0.886. The maximum atomic E-state index is 14.0. The zero-order chi connectivity index (χ0) is 19.0. The molecule has 0 saturated carbocycles. The molecule has 4 rings (SSSR count). The predicted octanol–water partition coefficient (Wildman–Crippen LogP) is 3.92. The molecule has 27 heavy (non-hydrogen) atoms. The van der Waals surface area contributed by atoms with Crippen LogP contribution in [0.5, 0.6) is 11.5 Å². The molecule has 5 nitrogen and oxygen atoms in total. The molecule has 0 radical (unpaired) electrons. The van der Waals surface area contributed by atoms with Crippen molar-refractivity contribution in [2.75, 3.05) is 37.5 Å². The lowest BCUT2D eigenvalue weighted by molar-refractivity contribution is -0.116. The van der Waals surface area contributed by atoms with Crippen LogP contribution in [0.4, 0.5) is 15.8 Å². The summed E-state index contributed by atoms with van der Waals surface area (Å²) in [5.41, 5.74) is 3.37. The molecule has 2 aliphatic rings. The number of amides is 1. The Morgan fingerprint density at radius 3 is 2.48 bits per heavy atom. The highest BCUT2D eigenvalue weighted by atomic mass is 19.1. The molecule has 0 bridgehead atoms. The van der Waals surface area contributed by atoms with Gasteiger partial charge in [-0.25, -0.2) is 4.39 Å². The smallest absolute Gasteiger partial charge is 0.225 e. The zero-order valence-corrected chi connectivity index (χ0v) is 15.5. The molecule has 6 heteroatoms. The summed E-state index contributed by atoms with van der Waals surface area (Å²) in [5.74, 6) is 0.608. The Morgan fingerprint density at radius 2 is 1.78 bits per heavy atom. The third-order valence-corrected chi connectivity index (χ3v) is 5.40. The maximum Gasteiger partial charge on any atom is 0.225 e. The first kappa shape index (κ1) is 17.6. The second kappa shape index (κ2) is 7.10. The number of carbonyl (C=O) groups is 1. The number of methoxy groups -OCH3 is 2. The Bertz CT molecular complexity index is 878. The van der Waals surface area contributed by atoms with E-state index in [2.05, 4.69) is 16.3 Å². The van der Waals surface area contributed by atoms with Crippen LogP contribution in [0.25, 0.3) is 0 Å². The Kier molecular flexibility index (Phi) is 4.64. The van der Waals surface area contributed by atoms with E-state index >= 15 is 0 Å². The van der Waals surface area contributed by atoms with Gasteiger partial charge in [-0.15, -0.1) is 0 Å². The largest absolute Gasteiger partial charge is 0.496 e. The van der Waals surface area contributed by atoms with Crippen molar-refractivity contribution in [3.8, 4) is 11.5 Å². The van der Waals surface area contributed by atoms with Crippen LogP contribution in [0.1, 0.15) is 36.3 Å². The summed E-state index contributed by atoms with van der Waals surface area (Å²) in [5, 5.41) is 2.93. The SMILES string of the molecule is COc1ccc(F)cc1C1CC(=O)Nc2cc(OC)c(N3CCCC3)cc21. The van der Waals surface area contributed by atoms with Gasteiger partial charge in [-0.3, -0.25) is 4.79 Å². The predicted molar refractivity (Wildman–Crippen MR) is 102 cm³/mol. The van der Waals surface area contributed by atoms with Crippen molar-refractivity contribution < 1.29 is 18.7 Å². The second-order valence-electron chi connectivity index (χ2n) is 7.00. The van der Waals surface area contributed by atoms with Crippen molar-refractivity contribution in [1.82, 2.24) is 0 Å². The third-order valence-electron chi connectivity index (χ3n) is 5.40. The molecule has 1 N–H and O–H groups in total. The van der Waals surface area contributed by atoms with Gasteiger partial charge in [0.15, 0.2) is 0 Å². The average Bonchev–Trinajstić information content (AvgIpc) is 3.20. The van der Waals surface area contributed by atoms with Crippen molar-refractivity contribution in [3.63, 3.8) is 0 Å². The highest BCUT2D eigenvalue weighted by molar-refractivity contribution is 5.96. The third kappa shape index (κ3) is 3.20. The lowest BCUT2D eigenvalue weighted by Gasteiger charge is -2.30. The van der Waals surface area contributed by atoms with E-state index in [-0.39, 0.29) is 24.1 Å². The van der Waals surface area contributed by atoms with Crippen LogP contribution >= 0.6 is 0 Å². The highest BCUT2D eigenvalue weighted by Crippen LogP contribution is 2.45. The minimum Gasteiger partial charge on any atom is -0.496 e. The van der Waals surface area contributed by atoms with Crippen molar-refractivity contribution >= 4 is 17.3 Å². The Labute approximate surface area is 158 Å². The second-order valence-corrected chi connectivity index (χ2v) is 7.00. The number of rotatable bonds is 4. The van der Waals surface area contributed by atoms with E-state index in [4.69, 9.17) is 9.47 Å². The van der Waals surface area contributed by atoms with E-state index in [1.807, 2.05) is 6.07 Å². The number of hydrogen-bond donors (Lipinski definition) is 1. The van der Waals surface area contributed by atoms with Crippen molar-refractivity contribution in [1.29, 1.82) is 0 Å². The van der Waals surface area contributed by atoms with E-state index in [0.717, 1.165) is 42.9 Å². The molecule has 1 fully saturated rings. The van der Waals surface area contributed by atoms with Gasteiger partial charge < -0.3 is 19.7 Å². The standard InChI is InChI=1S/C21H23FN2O3/c1-26-19-6-5-13(22)9-16(19)14-11-21(25)23-17-12-20(27-2)18(10-15(14)17)24-7-3-4-8-24/h5-6,9-10,12,14H,3-4,7-8,11H2,1-2H3,(H,23,25). The molecule has 0 aromatic heterocycles. The first-order chi connectivity index (χ1) is 13.1. The van der Waals surface area contributed by atoms with Crippen LogP contribution in [-0.2, 0) is 4.79 Å². The van der Waals surface area contributed by atoms with Crippen molar-refractivity contribution in [2.24, 2.45) is 0 Å². The summed E-state index contributed by atoms with van der Waals surface area (Å²) >= 11 is 0. The van der Waals surface area contributed by atoms with Gasteiger partial charge in [-0.05, 0) is 42.7 Å². The number of fused-ring (bicyclic) bond motifs is 1. The van der Waals surface area contributed by atoms with Crippen molar-refractivity contribution in [3.05, 3.63) is 47.3 Å². The molecule has 1 amide bonds. The summed E-state index contributed by atoms with van der Waals surface area (Å²) < 4.78 is 25.0. The van der Waals surface area contributed by atoms with Gasteiger partial charge in [0.25, 0.3) is 0 Å². The number of ether oxygens (including phenoxy) is 2. The summed E-state index contributed by atoms with van der Waals surface area (Å²) in [7, 11) is 3.20. The van der Waals surface area contributed by atoms with Crippen LogP contribution in [0.15, 0.2) is 30.3 Å². The molecule has 1 unspecified atom stereocenters. The monoisotopic (exact) mass is 370 g/mol. The maximum absolute atomic E-state index is 14.0. The van der Waals surface area contributed by atoms with E-state index in [1.54, 1.807) is 20.3 Å². The van der Waals surface area contributed by atoms with Crippen LogP contribution < -0.4 is 19.7 Å². The lowest BCUT2D eigenvalue weighted by Crippen LogP contribution is -2.25. The van der Waals surface area contributed by atoms with E-state index < -0.39 is 0 Å². The molecular weight excluding hydrogens is 347 g/mol. The summed E-state index contributed by atoms with van der Waals surface area (Å²) in [4.78, 5) is 14.6. The number of carbonyl (C=O) groups excluding carboxylic acids is 1. The Balaban J connectivity index is 1.86. The molecular formula is C21H23FN2O3. The number of anilines is 2. The molecule has 2 aliphatic heterocycles. The number of nitrogens with one attached hydrogen (secondary N) is 1. The van der Waals surface area contributed by atoms with Gasteiger partial charge in [0.05, 0.1) is 19.9 Å². The van der Waals surface area contributed by atoms with Gasteiger partial charge in [-0.1, -0.05) is 0 Å². The summed E-state index contributed by atoms with van der Waals surface area (Å²) in [6, 6.07) is 8.40. The average molecular weight is 370 g/mol. The molecule has 1 atom stereocenters. The lowest BCUT2D eigenvalue weighted by atomic mass is 9.83. The highest BCUT2D eigenvalue weighted by Gasteiger charge is 2.31. The van der Waals surface area contributed by atoms with Gasteiger partial charge in [0.2, 0.25) is 5.91 Å². The fourth-order valence-electron chi connectivity index (χ4n) is 4.10. The fraction of sp³-hybridized carbons (Fsp3) is 0.381. The Hall–Kier alpha value is -2.76. The number of benzene rings is 2. The number of halogens is 1. The molecule has 0 aliphatic carbocycles. The van der Waals surface area contributed by atoms with Crippen LogP contribution in [0.2, 0.25) is 0 Å². The first-order valence-corrected chi connectivity index (χ1v) is 9.21. The minimum absolute atomic E-state index is 0.102. The normalized spacial score (nSPS) is 18.9. The fourth-order valence-corrected chi connectivity index (χ4v) is 4.10. The van der Waals surface area contributed by atoms with E-state index in [0.29, 0.717) is 17.0 Å². The van der Waals surface area contributed by atoms with E-state index in [9.17, 15) is 9.18 Å². The summed E-state index contributed by atoms with van der Waals surface area (Å²) in [6.07, 6.45) is 2.55. The molecule has 1 saturated heterocycles. The van der Waals surface area contributed by atoms with Gasteiger partial charge in [0.1, 0.15) is 17.3 Å². The number of nitrogens with zero attached hydrogens (tertiary/aromatic N) is 1. The molecule has 0 spiro atoms. The summed E-state index contributed by atoms with van der Waals surface area (Å²) in [6.45, 7) is 1.96. The Morgan fingerprint density at radius 1 is 1.04 bits per heavy atom. The van der Waals surface area contributed by atoms with Gasteiger partial charge >= 0.3 is 0 Å². The van der Waals surface area contributed by atoms with Crippen molar-refractivity contribution in [2.45, 2.75) is 25.2 Å². The molecule has 2 aromatic carbocycles. The van der Waals surface area contributed by atoms with E-state index in [1.165, 1.54) is 12.1 Å². The zero-order valence-electron chi connectivity index (χ0n) is 15.5. The van der Waals surface area contributed by atoms with Gasteiger partial charge in [-0.2, -0.15) is 0 Å². The first-order valence-electron chi connectivity index (χ1n) is 9.21. The topological polar surface area (TPSA) is 50.8 Å².